The van der Waals surface area contributed by atoms with Gasteiger partial charge in [0.1, 0.15) is 0 Å². The molecule has 1 heterocycles. The fraction of sp³-hybridized carbons (Fsp3) is 0.375. The van der Waals surface area contributed by atoms with Crippen molar-refractivity contribution in [2.24, 2.45) is 0 Å². The van der Waals surface area contributed by atoms with Crippen LogP contribution >= 0.6 is 0 Å². The van der Waals surface area contributed by atoms with Gasteiger partial charge < -0.3 is 9.88 Å². The van der Waals surface area contributed by atoms with Crippen molar-refractivity contribution in [2.45, 2.75) is 33.4 Å². The zero-order chi connectivity index (χ0) is 15.2. The van der Waals surface area contributed by atoms with Gasteiger partial charge in [-0.3, -0.25) is 9.36 Å². The normalized spacial score (nSPS) is 10.6. The first-order valence-corrected chi connectivity index (χ1v) is 7.22. The predicted molar refractivity (Wildman–Crippen MR) is 84.9 cm³/mol. The molecule has 0 aliphatic carbocycles. The first-order valence-electron chi connectivity index (χ1n) is 7.22. The molecule has 0 saturated heterocycles. The average Bonchev–Trinajstić information content (AvgIpc) is 2.46. The molecule has 1 aromatic carbocycles. The molecule has 21 heavy (non-hydrogen) atoms. The van der Waals surface area contributed by atoms with Crippen molar-refractivity contribution in [3.63, 3.8) is 0 Å². The minimum atomic E-state index is -0.251. The minimum Gasteiger partial charge on any atom is -0.383 e. The lowest BCUT2D eigenvalue weighted by Gasteiger charge is -2.10. The number of aryl methyl sites for hydroxylation is 2. The van der Waals surface area contributed by atoms with Crippen molar-refractivity contribution < 1.29 is 0 Å². The molecular weight excluding hydrogens is 266 g/mol. The standard InChI is InChI=1S/C16H21N3O2/c1-3-9-18-10-7-15(20)19(16(18)21)11-8-17-14-6-4-5-13(2)12-14/h4-7,10,12,17H,3,8-9,11H2,1-2H3. The van der Waals surface area contributed by atoms with Gasteiger partial charge in [-0.25, -0.2) is 4.79 Å². The molecule has 0 aliphatic heterocycles. The number of nitrogens with zero attached hydrogens (tertiary/aromatic N) is 2. The first-order chi connectivity index (χ1) is 10.1. The molecule has 0 aliphatic rings. The van der Waals surface area contributed by atoms with E-state index in [0.29, 0.717) is 19.6 Å². The van der Waals surface area contributed by atoms with E-state index >= 15 is 0 Å². The lowest BCUT2D eigenvalue weighted by atomic mass is 10.2. The van der Waals surface area contributed by atoms with Crippen LogP contribution in [0.3, 0.4) is 0 Å². The van der Waals surface area contributed by atoms with Gasteiger partial charge in [0.25, 0.3) is 5.56 Å². The Hall–Kier alpha value is -2.30. The van der Waals surface area contributed by atoms with Gasteiger partial charge in [-0.15, -0.1) is 0 Å². The molecule has 112 valence electrons. The van der Waals surface area contributed by atoms with Gasteiger partial charge in [-0.05, 0) is 31.0 Å². The van der Waals surface area contributed by atoms with Crippen molar-refractivity contribution in [2.75, 3.05) is 11.9 Å². The largest absolute Gasteiger partial charge is 0.383 e. The van der Waals surface area contributed by atoms with Crippen molar-refractivity contribution >= 4 is 5.69 Å². The van der Waals surface area contributed by atoms with Crippen LogP contribution in [-0.2, 0) is 13.1 Å². The third-order valence-corrected chi connectivity index (χ3v) is 3.29. The average molecular weight is 287 g/mol. The second-order valence-corrected chi connectivity index (χ2v) is 5.08. The maximum absolute atomic E-state index is 12.2. The van der Waals surface area contributed by atoms with Gasteiger partial charge in [0.2, 0.25) is 0 Å². The van der Waals surface area contributed by atoms with Crippen molar-refractivity contribution in [3.05, 3.63) is 62.9 Å². The number of hydrogen-bond donors (Lipinski definition) is 1. The minimum absolute atomic E-state index is 0.240. The van der Waals surface area contributed by atoms with Crippen LogP contribution < -0.4 is 16.6 Å². The Morgan fingerprint density at radius 2 is 1.95 bits per heavy atom. The summed E-state index contributed by atoms with van der Waals surface area (Å²) >= 11 is 0. The van der Waals surface area contributed by atoms with Crippen LogP contribution in [0.4, 0.5) is 5.69 Å². The third kappa shape index (κ3) is 3.84. The second kappa shape index (κ2) is 6.92. The smallest absolute Gasteiger partial charge is 0.331 e. The molecule has 0 radical (unpaired) electrons. The van der Waals surface area contributed by atoms with E-state index < -0.39 is 0 Å². The molecule has 1 N–H and O–H groups in total. The molecule has 0 unspecified atom stereocenters. The van der Waals surface area contributed by atoms with Gasteiger partial charge in [0, 0.05) is 37.6 Å². The summed E-state index contributed by atoms with van der Waals surface area (Å²) in [5.41, 5.74) is 1.67. The van der Waals surface area contributed by atoms with Gasteiger partial charge >= 0.3 is 5.69 Å². The molecule has 0 fully saturated rings. The van der Waals surface area contributed by atoms with E-state index in [4.69, 9.17) is 0 Å². The maximum Gasteiger partial charge on any atom is 0.331 e. The lowest BCUT2D eigenvalue weighted by molar-refractivity contribution is 0.555. The van der Waals surface area contributed by atoms with Crippen LogP contribution in [0.1, 0.15) is 18.9 Å². The molecule has 0 amide bonds. The molecule has 0 bridgehead atoms. The second-order valence-electron chi connectivity index (χ2n) is 5.08. The summed E-state index contributed by atoms with van der Waals surface area (Å²) in [7, 11) is 0. The lowest BCUT2D eigenvalue weighted by Crippen LogP contribution is -2.40. The van der Waals surface area contributed by atoms with Crippen molar-refractivity contribution in [3.8, 4) is 0 Å². The zero-order valence-electron chi connectivity index (χ0n) is 12.5. The van der Waals surface area contributed by atoms with E-state index in [1.54, 1.807) is 10.8 Å². The highest BCUT2D eigenvalue weighted by molar-refractivity contribution is 5.45. The number of aromatic nitrogens is 2. The molecule has 5 nitrogen and oxygen atoms in total. The van der Waals surface area contributed by atoms with Crippen LogP contribution in [0.25, 0.3) is 0 Å². The Balaban J connectivity index is 2.08. The van der Waals surface area contributed by atoms with Crippen molar-refractivity contribution in [1.29, 1.82) is 0 Å². The molecule has 2 aromatic rings. The number of hydrogen-bond acceptors (Lipinski definition) is 3. The third-order valence-electron chi connectivity index (χ3n) is 3.29. The highest BCUT2D eigenvalue weighted by Crippen LogP contribution is 2.08. The number of benzene rings is 1. The van der Waals surface area contributed by atoms with E-state index in [9.17, 15) is 9.59 Å². The maximum atomic E-state index is 12.2. The summed E-state index contributed by atoms with van der Waals surface area (Å²) in [6.07, 6.45) is 2.43. The molecule has 0 spiro atoms. The highest BCUT2D eigenvalue weighted by Gasteiger charge is 2.04. The Kier molecular flexibility index (Phi) is 4.98. The SMILES string of the molecule is CCCn1ccc(=O)n(CCNc2cccc(C)c2)c1=O. The van der Waals surface area contributed by atoms with Crippen LogP contribution in [0.5, 0.6) is 0 Å². The van der Waals surface area contributed by atoms with Crippen LogP contribution in [0.2, 0.25) is 0 Å². The zero-order valence-corrected chi connectivity index (χ0v) is 12.5. The fourth-order valence-corrected chi connectivity index (χ4v) is 2.24. The molecular formula is C16H21N3O2. The van der Waals surface area contributed by atoms with Crippen LogP contribution in [-0.4, -0.2) is 15.7 Å². The molecule has 2 rings (SSSR count). The number of anilines is 1. The molecule has 5 heteroatoms. The first kappa shape index (κ1) is 15.1. The van der Waals surface area contributed by atoms with E-state index in [2.05, 4.69) is 5.32 Å². The van der Waals surface area contributed by atoms with Gasteiger partial charge in [0.05, 0.1) is 0 Å². The summed E-state index contributed by atoms with van der Waals surface area (Å²) in [5, 5.41) is 3.23. The monoisotopic (exact) mass is 287 g/mol. The van der Waals surface area contributed by atoms with Gasteiger partial charge in [0.15, 0.2) is 0 Å². The summed E-state index contributed by atoms with van der Waals surface area (Å²) in [5.74, 6) is 0. The van der Waals surface area contributed by atoms with E-state index in [-0.39, 0.29) is 11.2 Å². The molecule has 1 aromatic heterocycles. The van der Waals surface area contributed by atoms with Crippen LogP contribution in [0, 0.1) is 6.92 Å². The topological polar surface area (TPSA) is 56.0 Å². The molecule has 0 saturated carbocycles. The molecule has 0 atom stereocenters. The Morgan fingerprint density at radius 1 is 1.14 bits per heavy atom. The summed E-state index contributed by atoms with van der Waals surface area (Å²) < 4.78 is 2.85. The number of nitrogens with one attached hydrogen (secondary N) is 1. The fourth-order valence-electron chi connectivity index (χ4n) is 2.24. The Morgan fingerprint density at radius 3 is 2.67 bits per heavy atom. The highest BCUT2D eigenvalue weighted by atomic mass is 16.2. The summed E-state index contributed by atoms with van der Waals surface area (Å²) in [6, 6.07) is 9.44. The van der Waals surface area contributed by atoms with Crippen LogP contribution in [0.15, 0.2) is 46.1 Å². The van der Waals surface area contributed by atoms with E-state index in [1.807, 2.05) is 38.1 Å². The van der Waals surface area contributed by atoms with Gasteiger partial charge in [-0.2, -0.15) is 0 Å². The predicted octanol–water partition coefficient (Wildman–Crippen LogP) is 1.84. The summed E-state index contributed by atoms with van der Waals surface area (Å²) in [6.45, 7) is 5.55. The summed E-state index contributed by atoms with van der Waals surface area (Å²) in [4.78, 5) is 24.0. The van der Waals surface area contributed by atoms with E-state index in [0.717, 1.165) is 12.1 Å². The quantitative estimate of drug-likeness (QED) is 0.882. The Bertz CT molecular complexity index is 716. The Labute approximate surface area is 123 Å². The van der Waals surface area contributed by atoms with Gasteiger partial charge in [-0.1, -0.05) is 19.1 Å². The number of rotatable bonds is 6. The van der Waals surface area contributed by atoms with E-state index in [1.165, 1.54) is 16.2 Å². The van der Waals surface area contributed by atoms with Crippen molar-refractivity contribution in [1.82, 2.24) is 9.13 Å².